The molecule has 0 aliphatic heterocycles. The normalized spacial score (nSPS) is 9.98. The Labute approximate surface area is 290 Å². The van der Waals surface area contributed by atoms with Crippen LogP contribution in [0.5, 0.6) is 0 Å². The third-order valence-corrected chi connectivity index (χ3v) is 4.53. The van der Waals surface area contributed by atoms with Crippen LogP contribution in [0.3, 0.4) is 0 Å². The fourth-order valence-corrected chi connectivity index (χ4v) is 2.83. The van der Waals surface area contributed by atoms with E-state index in [1.165, 1.54) is 6.33 Å². The van der Waals surface area contributed by atoms with Crippen molar-refractivity contribution in [2.45, 2.75) is 73.2 Å². The number of hydrogen-bond donors (Lipinski definition) is 3. The first kappa shape index (κ1) is 43.9. The predicted octanol–water partition coefficient (Wildman–Crippen LogP) is 3.45. The van der Waals surface area contributed by atoms with Gasteiger partial charge in [-0.1, -0.05) is 0 Å². The van der Waals surface area contributed by atoms with Gasteiger partial charge in [-0.05, 0) is 67.5 Å². The van der Waals surface area contributed by atoms with E-state index in [4.69, 9.17) is 22.2 Å². The van der Waals surface area contributed by atoms with Gasteiger partial charge in [0, 0.05) is 50.3 Å². The second-order valence-electron chi connectivity index (χ2n) is 11.0. The number of aliphatic hydroxyl groups excluding tert-OH is 1. The molecule has 4 heterocycles. The Bertz CT molecular complexity index is 1500. The number of aldehydes is 1. The molecule has 0 fully saturated rings. The van der Waals surface area contributed by atoms with Gasteiger partial charge >= 0.3 is 34.7 Å². The van der Waals surface area contributed by atoms with E-state index in [0.29, 0.717) is 42.7 Å². The molecule has 4 rings (SSSR count). The number of alkyl carbamates (subject to hydrolysis) is 2. The summed E-state index contributed by atoms with van der Waals surface area (Å²) in [6.45, 7) is 15.9. The molecule has 0 saturated heterocycles. The standard InChI is InChI=1S/C8H8N4O.C8H6N4O.2C7H15NO2.Mn.2O/c2*13-5-7-4-12(6-11-7)8-9-2-1-3-10-8;2*1-5-8-6(9)10-7(2,3)4;;;/h1-4,6,13H,5H2;1-6H;2*5H2,1-4H3,(H,8,9);;;. The van der Waals surface area contributed by atoms with Crippen LogP contribution in [-0.4, -0.2) is 86.9 Å². The molecule has 0 aliphatic rings. The molecule has 0 aliphatic carbocycles. The molecule has 4 aromatic heterocycles. The second-order valence-corrected chi connectivity index (χ2v) is 11.2. The molecule has 0 radical (unpaired) electrons. The predicted molar refractivity (Wildman–Crippen MR) is 171 cm³/mol. The Balaban J connectivity index is 0.000000616. The van der Waals surface area contributed by atoms with Crippen molar-refractivity contribution in [2.24, 2.45) is 0 Å². The number of nitrogens with zero attached hydrogens (tertiary/aromatic N) is 8. The van der Waals surface area contributed by atoms with Gasteiger partial charge in [0.05, 0.1) is 12.3 Å². The van der Waals surface area contributed by atoms with Crippen molar-refractivity contribution < 1.29 is 51.5 Å². The van der Waals surface area contributed by atoms with Gasteiger partial charge in [0.1, 0.15) is 29.6 Å². The van der Waals surface area contributed by atoms with Crippen LogP contribution in [0.1, 0.15) is 71.6 Å². The maximum absolute atomic E-state index is 10.7. The minimum absolute atomic E-state index is 0.0696. The molecule has 0 spiro atoms. The van der Waals surface area contributed by atoms with Crippen LogP contribution in [0.25, 0.3) is 11.9 Å². The number of ether oxygens (including phenoxy) is 2. The van der Waals surface area contributed by atoms with Crippen molar-refractivity contribution in [3.05, 3.63) is 73.4 Å². The zero-order valence-corrected chi connectivity index (χ0v) is 29.9. The topological polar surface area (TPSA) is 235 Å². The van der Waals surface area contributed by atoms with Crippen LogP contribution < -0.4 is 10.6 Å². The molecule has 269 valence electrons. The SMILES string of the molecule is CCNC(=O)OC(C)(C)C.CCNC(=O)OC(C)(C)C.O=Cc1cn(-c2ncccn2)cn1.OCc1cn(-c2ncccn2)cn1.[O]=[Mn]=[O]. The average Bonchev–Trinajstić information content (AvgIpc) is 3.72. The summed E-state index contributed by atoms with van der Waals surface area (Å²) >= 11 is -1.44. The van der Waals surface area contributed by atoms with Crippen LogP contribution in [0, 0.1) is 0 Å². The number of nitrogens with one attached hydrogen (secondary N) is 2. The summed E-state index contributed by atoms with van der Waals surface area (Å²) < 4.78 is 29.9. The number of amides is 2. The average molecular weight is 728 g/mol. The molecule has 3 N–H and O–H groups in total. The maximum atomic E-state index is 10.7. The van der Waals surface area contributed by atoms with Crippen molar-refractivity contribution in [1.29, 1.82) is 0 Å². The van der Waals surface area contributed by atoms with E-state index in [9.17, 15) is 14.4 Å². The molecule has 19 heteroatoms. The molecule has 0 bridgehead atoms. The zero-order chi connectivity index (χ0) is 37.3. The number of aromatic nitrogens is 8. The minimum atomic E-state index is -1.44. The summed E-state index contributed by atoms with van der Waals surface area (Å²) in [7, 11) is 0. The second kappa shape index (κ2) is 24.1. The third kappa shape index (κ3) is 22.1. The monoisotopic (exact) mass is 727 g/mol. The molecular weight excluding hydrogens is 683 g/mol. The fraction of sp³-hybridized carbons (Fsp3) is 0.433. The first-order chi connectivity index (χ1) is 23.1. The zero-order valence-electron chi connectivity index (χ0n) is 28.7. The third-order valence-electron chi connectivity index (χ3n) is 4.53. The van der Waals surface area contributed by atoms with Crippen LogP contribution >= 0.6 is 0 Å². The van der Waals surface area contributed by atoms with E-state index in [-0.39, 0.29) is 30.0 Å². The molecule has 49 heavy (non-hydrogen) atoms. The number of carbonyl (C=O) groups excluding carboxylic acids is 3. The van der Waals surface area contributed by atoms with Gasteiger partial charge in [0.25, 0.3) is 0 Å². The Hall–Kier alpha value is -5.13. The quantitative estimate of drug-likeness (QED) is 0.191. The Morgan fingerprint density at radius 3 is 1.45 bits per heavy atom. The van der Waals surface area contributed by atoms with Gasteiger partial charge in [-0.3, -0.25) is 13.9 Å². The van der Waals surface area contributed by atoms with Gasteiger partial charge in [0.15, 0.2) is 6.29 Å². The van der Waals surface area contributed by atoms with E-state index in [2.05, 4.69) is 40.5 Å². The molecule has 18 nitrogen and oxygen atoms in total. The van der Waals surface area contributed by atoms with Crippen molar-refractivity contribution >= 4 is 18.5 Å². The van der Waals surface area contributed by atoms with Gasteiger partial charge in [-0.2, -0.15) is 0 Å². The molecular formula is C30H44MnN10O8. The van der Waals surface area contributed by atoms with Gasteiger partial charge in [-0.15, -0.1) is 0 Å². The van der Waals surface area contributed by atoms with Crippen LogP contribution in [0.4, 0.5) is 9.59 Å². The van der Waals surface area contributed by atoms with Crippen LogP contribution in [0.2, 0.25) is 0 Å². The Morgan fingerprint density at radius 2 is 1.14 bits per heavy atom. The van der Waals surface area contributed by atoms with Crippen molar-refractivity contribution in [3.63, 3.8) is 0 Å². The van der Waals surface area contributed by atoms with E-state index < -0.39 is 14.8 Å². The van der Waals surface area contributed by atoms with Gasteiger partial charge in [-0.25, -0.2) is 39.5 Å². The number of hydrogen-bond acceptors (Lipinski definition) is 14. The van der Waals surface area contributed by atoms with Crippen molar-refractivity contribution in [2.75, 3.05) is 13.1 Å². The van der Waals surface area contributed by atoms with Gasteiger partial charge in [0.2, 0.25) is 11.9 Å². The van der Waals surface area contributed by atoms with Crippen molar-refractivity contribution in [3.8, 4) is 11.9 Å². The summed E-state index contributed by atoms with van der Waals surface area (Å²) in [6, 6.07) is 3.47. The molecule has 4 aromatic rings. The molecule has 0 aromatic carbocycles. The Morgan fingerprint density at radius 1 is 0.755 bits per heavy atom. The van der Waals surface area contributed by atoms with Crippen LogP contribution in [-0.2, 0) is 38.6 Å². The van der Waals surface area contributed by atoms with E-state index >= 15 is 0 Å². The first-order valence-electron chi connectivity index (χ1n) is 14.6. The fourth-order valence-electron chi connectivity index (χ4n) is 2.83. The molecule has 0 atom stereocenters. The van der Waals surface area contributed by atoms with E-state index in [1.54, 1.807) is 64.8 Å². The van der Waals surface area contributed by atoms with Gasteiger partial charge < -0.3 is 25.2 Å². The summed E-state index contributed by atoms with van der Waals surface area (Å²) in [5, 5.41) is 13.9. The summed E-state index contributed by atoms with van der Waals surface area (Å²) in [6.07, 6.45) is 12.9. The molecule has 0 unspecified atom stereocenters. The first-order valence-corrected chi connectivity index (χ1v) is 15.6. The number of imidazole rings is 2. The number of aliphatic hydroxyl groups is 1. The number of rotatable bonds is 6. The van der Waals surface area contributed by atoms with Crippen LogP contribution in [0.15, 0.2) is 62.0 Å². The van der Waals surface area contributed by atoms with E-state index in [0.717, 1.165) is 0 Å². The molecule has 2 amide bonds. The molecule has 0 saturated carbocycles. The summed E-state index contributed by atoms with van der Waals surface area (Å²) in [5.74, 6) is 1.05. The van der Waals surface area contributed by atoms with Crippen molar-refractivity contribution in [1.82, 2.24) is 49.7 Å². The van der Waals surface area contributed by atoms with E-state index in [1.807, 2.05) is 55.4 Å². The summed E-state index contributed by atoms with van der Waals surface area (Å²) in [5.41, 5.74) is 0.193. The summed E-state index contributed by atoms with van der Waals surface area (Å²) in [4.78, 5) is 55.6. The number of carbonyl (C=O) groups is 3. The Kier molecular flexibility index (Phi) is 21.6.